The number of nitrogen functional groups attached to an aromatic ring is 1. The summed E-state index contributed by atoms with van der Waals surface area (Å²) in [5.41, 5.74) is 12.2. The van der Waals surface area contributed by atoms with Crippen LogP contribution in [0.5, 0.6) is 0 Å². The van der Waals surface area contributed by atoms with E-state index in [1.54, 1.807) is 0 Å². The lowest BCUT2D eigenvalue weighted by molar-refractivity contribution is 0.768. The molecule has 2 aromatic rings. The molecule has 5 nitrogen and oxygen atoms in total. The Balaban J connectivity index is 1.57. The third-order valence-electron chi connectivity index (χ3n) is 4.29. The molecule has 0 aliphatic carbocycles. The molecular weight excluding hydrogens is 322 g/mol. The van der Waals surface area contributed by atoms with Gasteiger partial charge in [0.2, 0.25) is 0 Å². The van der Waals surface area contributed by atoms with Crippen molar-refractivity contribution >= 4 is 11.4 Å². The van der Waals surface area contributed by atoms with E-state index in [1.165, 1.54) is 0 Å². The van der Waals surface area contributed by atoms with Crippen LogP contribution in [0.15, 0.2) is 73.1 Å². The predicted molar refractivity (Wildman–Crippen MR) is 103 cm³/mol. The van der Waals surface area contributed by atoms with E-state index in [2.05, 4.69) is 17.5 Å². The molecule has 0 saturated heterocycles. The lowest BCUT2D eigenvalue weighted by atomic mass is 10.1. The quantitative estimate of drug-likeness (QED) is 0.547. The summed E-state index contributed by atoms with van der Waals surface area (Å²) < 4.78 is 2.03. The maximum Gasteiger partial charge on any atom is 0.0991 e. The van der Waals surface area contributed by atoms with Crippen LogP contribution in [0.2, 0.25) is 0 Å². The average Bonchev–Trinajstić information content (AvgIpc) is 3.11. The van der Waals surface area contributed by atoms with E-state index < -0.39 is 0 Å². The van der Waals surface area contributed by atoms with Crippen molar-refractivity contribution in [2.75, 3.05) is 11.1 Å². The van der Waals surface area contributed by atoms with Crippen LogP contribution in [0.1, 0.15) is 5.56 Å². The molecule has 0 atom stereocenters. The van der Waals surface area contributed by atoms with E-state index in [4.69, 9.17) is 16.0 Å². The number of aromatic nitrogens is 2. The molecule has 2 aliphatic heterocycles. The molecule has 0 radical (unpaired) electrons. The fraction of sp³-hybridized carbons (Fsp3) is 0.0476. The topological polar surface area (TPSA) is 79.7 Å². The van der Waals surface area contributed by atoms with Gasteiger partial charge in [-0.15, -0.1) is 0 Å². The van der Waals surface area contributed by atoms with E-state index in [0.29, 0.717) is 12.2 Å². The van der Waals surface area contributed by atoms with Gasteiger partial charge in [-0.05, 0) is 36.4 Å². The molecule has 0 aromatic heterocycles. The van der Waals surface area contributed by atoms with Gasteiger partial charge in [0.15, 0.2) is 0 Å². The second-order valence-corrected chi connectivity index (χ2v) is 6.05. The third kappa shape index (κ3) is 3.08. The monoisotopic (exact) mass is 339 g/mol. The Morgan fingerprint density at radius 1 is 1.00 bits per heavy atom. The van der Waals surface area contributed by atoms with Crippen molar-refractivity contribution in [3.05, 3.63) is 78.6 Å². The number of fused-ring (bicyclic) bond motifs is 1. The SMILES string of the molecule is N#Cc1ccc(-c2cc3ccn(CNc4ccccc4N)cc-3n2)cc1. The minimum atomic E-state index is 0.600. The Morgan fingerprint density at radius 2 is 1.81 bits per heavy atom. The summed E-state index contributed by atoms with van der Waals surface area (Å²) in [6, 6.07) is 21.4. The lowest BCUT2D eigenvalue weighted by Crippen LogP contribution is -2.09. The van der Waals surface area contributed by atoms with Crippen LogP contribution in [-0.2, 0) is 6.67 Å². The van der Waals surface area contributed by atoms with Crippen LogP contribution in [0.25, 0.3) is 22.5 Å². The predicted octanol–water partition coefficient (Wildman–Crippen LogP) is 4.18. The van der Waals surface area contributed by atoms with Crippen LogP contribution in [0, 0.1) is 11.3 Å². The summed E-state index contributed by atoms with van der Waals surface area (Å²) in [6.45, 7) is 0.600. The molecular formula is C21H17N5. The van der Waals surface area contributed by atoms with Crippen LogP contribution in [0.4, 0.5) is 11.4 Å². The van der Waals surface area contributed by atoms with E-state index >= 15 is 0 Å². The standard InChI is InChI=1S/C21H17N5/c22-12-15-5-7-16(8-6-15)20-11-17-9-10-26(13-21(17)25-20)14-24-19-4-2-1-3-18(19)23/h1-11,13,24H,14,23H2. The highest BCUT2D eigenvalue weighted by atomic mass is 15.1. The van der Waals surface area contributed by atoms with Crippen molar-refractivity contribution in [2.24, 2.45) is 0 Å². The Morgan fingerprint density at radius 3 is 2.58 bits per heavy atom. The number of pyridine rings is 1. The second kappa shape index (κ2) is 6.61. The van der Waals surface area contributed by atoms with E-state index in [0.717, 1.165) is 33.9 Å². The molecule has 26 heavy (non-hydrogen) atoms. The maximum atomic E-state index is 8.91. The zero-order valence-corrected chi connectivity index (χ0v) is 14.1. The molecule has 2 aliphatic rings. The Labute approximate surface area is 151 Å². The number of anilines is 2. The van der Waals surface area contributed by atoms with Crippen molar-refractivity contribution in [3.8, 4) is 28.6 Å². The van der Waals surface area contributed by atoms with Crippen LogP contribution in [0.3, 0.4) is 0 Å². The lowest BCUT2D eigenvalue weighted by Gasteiger charge is -2.12. The molecule has 126 valence electrons. The van der Waals surface area contributed by atoms with Gasteiger partial charge >= 0.3 is 0 Å². The summed E-state index contributed by atoms with van der Waals surface area (Å²) >= 11 is 0. The van der Waals surface area contributed by atoms with Gasteiger partial charge in [0.05, 0.1) is 41.1 Å². The van der Waals surface area contributed by atoms with Crippen LogP contribution in [-0.4, -0.2) is 9.55 Å². The summed E-state index contributed by atoms with van der Waals surface area (Å²) in [7, 11) is 0. The van der Waals surface area contributed by atoms with Crippen molar-refractivity contribution in [2.45, 2.75) is 6.67 Å². The number of nitrogens with one attached hydrogen (secondary N) is 1. The number of benzene rings is 2. The summed E-state index contributed by atoms with van der Waals surface area (Å²) in [5.74, 6) is 0. The Bertz CT molecular complexity index is 1060. The molecule has 0 unspecified atom stereocenters. The molecule has 0 bridgehead atoms. The molecule has 0 spiro atoms. The minimum Gasteiger partial charge on any atom is -0.397 e. The molecule has 2 heterocycles. The third-order valence-corrected chi connectivity index (χ3v) is 4.29. The second-order valence-electron chi connectivity index (χ2n) is 6.05. The number of hydrogen-bond acceptors (Lipinski definition) is 4. The highest BCUT2D eigenvalue weighted by Gasteiger charge is 2.10. The molecule has 0 saturated carbocycles. The highest BCUT2D eigenvalue weighted by Crippen LogP contribution is 2.28. The number of nitrogens with two attached hydrogens (primary N) is 1. The number of rotatable bonds is 4. The van der Waals surface area contributed by atoms with Gasteiger partial charge in [0, 0.05) is 23.5 Å². The first-order valence-electron chi connectivity index (χ1n) is 8.28. The van der Waals surface area contributed by atoms with Crippen LogP contribution >= 0.6 is 0 Å². The first kappa shape index (κ1) is 15.7. The summed E-state index contributed by atoms with van der Waals surface area (Å²) in [5, 5.41) is 12.2. The van der Waals surface area contributed by atoms with Gasteiger partial charge in [-0.2, -0.15) is 5.26 Å². The van der Waals surface area contributed by atoms with Gasteiger partial charge in [-0.25, -0.2) is 4.98 Å². The molecule has 5 heteroatoms. The largest absolute Gasteiger partial charge is 0.397 e. The minimum absolute atomic E-state index is 0.600. The normalized spacial score (nSPS) is 10.6. The van der Waals surface area contributed by atoms with E-state index in [1.807, 2.05) is 71.6 Å². The van der Waals surface area contributed by atoms with Crippen LogP contribution < -0.4 is 11.1 Å². The molecule has 0 amide bonds. The Hall–Kier alpha value is -3.78. The molecule has 3 N–H and O–H groups in total. The fourth-order valence-corrected chi connectivity index (χ4v) is 2.86. The van der Waals surface area contributed by atoms with Gasteiger partial charge < -0.3 is 15.6 Å². The van der Waals surface area contributed by atoms with Gasteiger partial charge in [-0.1, -0.05) is 24.3 Å². The number of nitriles is 1. The average molecular weight is 339 g/mol. The fourth-order valence-electron chi connectivity index (χ4n) is 2.86. The summed E-state index contributed by atoms with van der Waals surface area (Å²) in [6.07, 6.45) is 4.02. The number of hydrogen-bond donors (Lipinski definition) is 2. The molecule has 2 aromatic carbocycles. The smallest absolute Gasteiger partial charge is 0.0991 e. The maximum absolute atomic E-state index is 8.91. The number of para-hydroxylation sites is 2. The van der Waals surface area contributed by atoms with Gasteiger partial charge in [0.25, 0.3) is 0 Å². The van der Waals surface area contributed by atoms with Crippen molar-refractivity contribution in [1.29, 1.82) is 5.26 Å². The van der Waals surface area contributed by atoms with Crippen molar-refractivity contribution < 1.29 is 0 Å². The highest BCUT2D eigenvalue weighted by molar-refractivity contribution is 5.73. The molecule has 0 fully saturated rings. The Kier molecular flexibility index (Phi) is 4.00. The van der Waals surface area contributed by atoms with Gasteiger partial charge in [-0.3, -0.25) is 0 Å². The first-order valence-corrected chi connectivity index (χ1v) is 8.28. The summed E-state index contributed by atoms with van der Waals surface area (Å²) in [4.78, 5) is 4.72. The van der Waals surface area contributed by atoms with Crippen molar-refractivity contribution in [3.63, 3.8) is 0 Å². The zero-order valence-electron chi connectivity index (χ0n) is 14.1. The van der Waals surface area contributed by atoms with E-state index in [-0.39, 0.29) is 0 Å². The zero-order chi connectivity index (χ0) is 17.9. The van der Waals surface area contributed by atoms with Gasteiger partial charge in [0.1, 0.15) is 0 Å². The number of nitrogens with zero attached hydrogens (tertiary/aromatic N) is 3. The first-order chi connectivity index (χ1) is 12.7. The van der Waals surface area contributed by atoms with Crippen molar-refractivity contribution in [1.82, 2.24) is 9.55 Å². The molecule has 4 rings (SSSR count). The van der Waals surface area contributed by atoms with E-state index in [9.17, 15) is 0 Å².